The van der Waals surface area contributed by atoms with Crippen LogP contribution >= 0.6 is 0 Å². The molecule has 1 heterocycles. The molecule has 1 saturated heterocycles. The molecule has 5 heteroatoms. The number of nitrogens with one attached hydrogen (secondary N) is 1. The summed E-state index contributed by atoms with van der Waals surface area (Å²) in [5, 5.41) is 3.55. The minimum absolute atomic E-state index is 0.0319. The molecular weight excluding hydrogens is 292 g/mol. The van der Waals surface area contributed by atoms with Crippen LogP contribution in [0, 0.1) is 12.3 Å². The predicted molar refractivity (Wildman–Crippen MR) is 92.3 cm³/mol. The molecule has 3 unspecified atom stereocenters. The van der Waals surface area contributed by atoms with Crippen molar-refractivity contribution in [3.8, 4) is 12.3 Å². The minimum Gasteiger partial charge on any atom is -0.444 e. The van der Waals surface area contributed by atoms with Gasteiger partial charge in [0.25, 0.3) is 0 Å². The number of amides is 1. The predicted octanol–water partition coefficient (Wildman–Crippen LogP) is 2.79. The number of carbonyl (C=O) groups excluding carboxylic acids is 1. The zero-order valence-electron chi connectivity index (χ0n) is 15.2. The first kappa shape index (κ1) is 19.8. The molecule has 1 fully saturated rings. The Bertz CT molecular complexity index is 411. The van der Waals surface area contributed by atoms with Crippen LogP contribution in [0.5, 0.6) is 0 Å². The summed E-state index contributed by atoms with van der Waals surface area (Å²) in [5.74, 6) is 2.71. The average Bonchev–Trinajstić information content (AvgIpc) is 2.45. The Morgan fingerprint density at radius 3 is 2.78 bits per heavy atom. The maximum atomic E-state index is 12.4. The maximum Gasteiger partial charge on any atom is 0.410 e. The number of morpholine rings is 1. The second-order valence-corrected chi connectivity index (χ2v) is 7.22. The normalized spacial score (nSPS) is 21.4. The highest BCUT2D eigenvalue weighted by Gasteiger charge is 2.32. The van der Waals surface area contributed by atoms with Gasteiger partial charge < -0.3 is 19.7 Å². The van der Waals surface area contributed by atoms with E-state index < -0.39 is 5.60 Å². The molecule has 3 atom stereocenters. The second-order valence-electron chi connectivity index (χ2n) is 7.22. The smallest absolute Gasteiger partial charge is 0.410 e. The van der Waals surface area contributed by atoms with E-state index in [9.17, 15) is 4.79 Å². The summed E-state index contributed by atoms with van der Waals surface area (Å²) in [6.45, 7) is 11.6. The number of hydrogen-bond donors (Lipinski definition) is 1. The van der Waals surface area contributed by atoms with Crippen molar-refractivity contribution in [2.24, 2.45) is 0 Å². The monoisotopic (exact) mass is 324 g/mol. The molecule has 1 aliphatic heterocycles. The summed E-state index contributed by atoms with van der Waals surface area (Å²) < 4.78 is 11.1. The van der Waals surface area contributed by atoms with Crippen molar-refractivity contribution >= 4 is 6.09 Å². The van der Waals surface area contributed by atoms with Crippen LogP contribution in [0.15, 0.2) is 0 Å². The van der Waals surface area contributed by atoms with E-state index >= 15 is 0 Å². The van der Waals surface area contributed by atoms with Crippen molar-refractivity contribution in [1.29, 1.82) is 0 Å². The fourth-order valence-corrected chi connectivity index (χ4v) is 2.75. The third kappa shape index (κ3) is 7.24. The van der Waals surface area contributed by atoms with Gasteiger partial charge in [-0.15, -0.1) is 12.3 Å². The number of rotatable bonds is 6. The lowest BCUT2D eigenvalue weighted by molar-refractivity contribution is -0.0357. The molecule has 0 radical (unpaired) electrons. The summed E-state index contributed by atoms with van der Waals surface area (Å²) in [5.41, 5.74) is -0.482. The van der Waals surface area contributed by atoms with Crippen LogP contribution in [-0.2, 0) is 9.47 Å². The van der Waals surface area contributed by atoms with Gasteiger partial charge in [0.2, 0.25) is 0 Å². The van der Waals surface area contributed by atoms with E-state index in [1.54, 1.807) is 4.90 Å². The highest BCUT2D eigenvalue weighted by Crippen LogP contribution is 2.18. The SMILES string of the molecule is C#CCC(CC)NC(C)CC1COCCN1C(=O)OC(C)(C)C. The molecule has 0 bridgehead atoms. The number of carbonyl (C=O) groups is 1. The van der Waals surface area contributed by atoms with Gasteiger partial charge >= 0.3 is 6.09 Å². The first-order valence-electron chi connectivity index (χ1n) is 8.53. The van der Waals surface area contributed by atoms with Gasteiger partial charge in [-0.25, -0.2) is 4.79 Å². The van der Waals surface area contributed by atoms with E-state index in [0.29, 0.717) is 25.8 Å². The Balaban J connectivity index is 2.60. The zero-order valence-corrected chi connectivity index (χ0v) is 15.2. The van der Waals surface area contributed by atoms with Crippen LogP contribution in [0.25, 0.3) is 0 Å². The van der Waals surface area contributed by atoms with Crippen LogP contribution in [-0.4, -0.2) is 54.5 Å². The molecule has 0 spiro atoms. The van der Waals surface area contributed by atoms with E-state index in [2.05, 4.69) is 25.1 Å². The molecule has 1 rings (SSSR count). The van der Waals surface area contributed by atoms with Gasteiger partial charge in [0.05, 0.1) is 19.3 Å². The topological polar surface area (TPSA) is 50.8 Å². The highest BCUT2D eigenvalue weighted by atomic mass is 16.6. The molecule has 1 aliphatic rings. The average molecular weight is 324 g/mol. The lowest BCUT2D eigenvalue weighted by atomic mass is 10.0. The van der Waals surface area contributed by atoms with Gasteiger partial charge in [-0.1, -0.05) is 6.92 Å². The quantitative estimate of drug-likeness (QED) is 0.763. The molecular formula is C18H32N2O3. The summed E-state index contributed by atoms with van der Waals surface area (Å²) in [4.78, 5) is 14.2. The van der Waals surface area contributed by atoms with Gasteiger partial charge in [-0.3, -0.25) is 0 Å². The minimum atomic E-state index is -0.482. The summed E-state index contributed by atoms with van der Waals surface area (Å²) >= 11 is 0. The van der Waals surface area contributed by atoms with Crippen molar-refractivity contribution in [3.63, 3.8) is 0 Å². The summed E-state index contributed by atoms with van der Waals surface area (Å²) in [6.07, 6.45) is 7.68. The van der Waals surface area contributed by atoms with Crippen molar-refractivity contribution in [3.05, 3.63) is 0 Å². The Kier molecular flexibility index (Phi) is 7.87. The molecule has 0 aromatic rings. The van der Waals surface area contributed by atoms with E-state index in [1.807, 2.05) is 20.8 Å². The summed E-state index contributed by atoms with van der Waals surface area (Å²) in [6, 6.07) is 0.601. The molecule has 23 heavy (non-hydrogen) atoms. The fraction of sp³-hybridized carbons (Fsp3) is 0.833. The van der Waals surface area contributed by atoms with E-state index in [-0.39, 0.29) is 18.2 Å². The lowest BCUT2D eigenvalue weighted by Gasteiger charge is -2.38. The molecule has 0 aromatic heterocycles. The van der Waals surface area contributed by atoms with E-state index in [4.69, 9.17) is 15.9 Å². The third-order valence-corrected chi connectivity index (χ3v) is 3.86. The van der Waals surface area contributed by atoms with Gasteiger partial charge in [0, 0.05) is 25.0 Å². The van der Waals surface area contributed by atoms with Crippen LogP contribution in [0.3, 0.4) is 0 Å². The van der Waals surface area contributed by atoms with Gasteiger partial charge in [-0.2, -0.15) is 0 Å². The van der Waals surface area contributed by atoms with Crippen molar-refractivity contribution < 1.29 is 14.3 Å². The van der Waals surface area contributed by atoms with Gasteiger partial charge in [0.15, 0.2) is 0 Å². The van der Waals surface area contributed by atoms with Gasteiger partial charge in [-0.05, 0) is 40.5 Å². The highest BCUT2D eigenvalue weighted by molar-refractivity contribution is 5.68. The fourth-order valence-electron chi connectivity index (χ4n) is 2.75. The van der Waals surface area contributed by atoms with Crippen LogP contribution in [0.2, 0.25) is 0 Å². The van der Waals surface area contributed by atoms with E-state index in [0.717, 1.165) is 19.3 Å². The zero-order chi connectivity index (χ0) is 17.5. The Morgan fingerprint density at radius 1 is 1.52 bits per heavy atom. The van der Waals surface area contributed by atoms with Crippen molar-refractivity contribution in [2.75, 3.05) is 19.8 Å². The Labute approximate surface area is 141 Å². The molecule has 0 aliphatic carbocycles. The molecule has 0 aromatic carbocycles. The largest absolute Gasteiger partial charge is 0.444 e. The number of ether oxygens (including phenoxy) is 2. The first-order valence-corrected chi connectivity index (χ1v) is 8.53. The molecule has 1 amide bonds. The number of hydrogen-bond acceptors (Lipinski definition) is 4. The van der Waals surface area contributed by atoms with Crippen molar-refractivity contribution in [2.45, 2.75) is 77.6 Å². The van der Waals surface area contributed by atoms with Crippen molar-refractivity contribution in [1.82, 2.24) is 10.2 Å². The first-order chi connectivity index (χ1) is 10.8. The second kappa shape index (κ2) is 9.14. The molecule has 0 saturated carbocycles. The Morgan fingerprint density at radius 2 is 2.22 bits per heavy atom. The Hall–Kier alpha value is -1.25. The van der Waals surface area contributed by atoms with Crippen LogP contribution < -0.4 is 5.32 Å². The van der Waals surface area contributed by atoms with Gasteiger partial charge in [0.1, 0.15) is 5.60 Å². The lowest BCUT2D eigenvalue weighted by Crippen LogP contribution is -2.52. The summed E-state index contributed by atoms with van der Waals surface area (Å²) in [7, 11) is 0. The molecule has 132 valence electrons. The number of terminal acetylenes is 1. The molecule has 5 nitrogen and oxygen atoms in total. The molecule has 1 N–H and O–H groups in total. The maximum absolute atomic E-state index is 12.4. The third-order valence-electron chi connectivity index (χ3n) is 3.86. The van der Waals surface area contributed by atoms with Crippen LogP contribution in [0.1, 0.15) is 53.9 Å². The van der Waals surface area contributed by atoms with Crippen LogP contribution in [0.4, 0.5) is 4.79 Å². The standard InChI is InChI=1S/C18H32N2O3/c1-7-9-15(8-2)19-14(3)12-16-13-22-11-10-20(16)17(21)23-18(4,5)6/h1,14-16,19H,8-13H2,2-6H3. The number of nitrogens with zero attached hydrogens (tertiary/aromatic N) is 1. The van der Waals surface area contributed by atoms with E-state index in [1.165, 1.54) is 0 Å².